The summed E-state index contributed by atoms with van der Waals surface area (Å²) in [6.45, 7) is 5.65. The summed E-state index contributed by atoms with van der Waals surface area (Å²) in [4.78, 5) is 15.3. The van der Waals surface area contributed by atoms with Gasteiger partial charge in [-0.2, -0.15) is 0 Å². The third kappa shape index (κ3) is 7.05. The minimum Gasteiger partial charge on any atom is -0.405 e. The molecule has 1 fully saturated rings. The van der Waals surface area contributed by atoms with Gasteiger partial charge < -0.3 is 38.1 Å². The van der Waals surface area contributed by atoms with Gasteiger partial charge in [-0.05, 0) is 62.1 Å². The molecule has 8 nitrogen and oxygen atoms in total. The molecular weight excluding hydrogens is 414 g/mol. The van der Waals surface area contributed by atoms with Crippen LogP contribution in [0.5, 0.6) is 0 Å². The number of hydrogen-bond acceptors (Lipinski definition) is 7. The number of allylic oxidation sites excluding steroid dienone is 2. The first-order valence-electron chi connectivity index (χ1n) is 11.9. The number of amides is 1. The van der Waals surface area contributed by atoms with Crippen molar-refractivity contribution < 1.29 is 4.79 Å². The molecule has 0 spiro atoms. The molecule has 2 rings (SSSR count). The molecule has 1 heterocycles. The van der Waals surface area contributed by atoms with Gasteiger partial charge in [0.15, 0.2) is 0 Å². The molecule has 0 aromatic rings. The first kappa shape index (κ1) is 26.4. The van der Waals surface area contributed by atoms with Crippen molar-refractivity contribution >= 4 is 5.91 Å². The number of nitrogens with one attached hydrogen (secondary N) is 3. The van der Waals surface area contributed by atoms with Crippen LogP contribution in [-0.2, 0) is 4.79 Å². The van der Waals surface area contributed by atoms with Gasteiger partial charge in [-0.25, -0.2) is 0 Å². The lowest BCUT2D eigenvalue weighted by molar-refractivity contribution is -0.123. The van der Waals surface area contributed by atoms with Crippen molar-refractivity contribution in [3.63, 3.8) is 0 Å². The summed E-state index contributed by atoms with van der Waals surface area (Å²) in [6.07, 6.45) is 14.1. The second-order valence-corrected chi connectivity index (χ2v) is 8.91. The smallest absolute Gasteiger partial charge is 0.229 e. The molecule has 2 atom stereocenters. The van der Waals surface area contributed by atoms with Crippen molar-refractivity contribution in [3.05, 3.63) is 58.9 Å². The van der Waals surface area contributed by atoms with Crippen LogP contribution in [-0.4, -0.2) is 50.6 Å². The average molecular weight is 458 g/mol. The highest BCUT2D eigenvalue weighted by atomic mass is 16.1. The first-order valence-corrected chi connectivity index (χ1v) is 11.9. The molecule has 0 bridgehead atoms. The molecule has 0 aromatic carbocycles. The standard InChI is InChI=1S/C25H43N7O/c1-17(24(23(28)9-11-26)32(4)18(2)19-7-5-6-8-19)25(33)31-16-22-13-20(10-12-30-22)21(14-27)15-29-3/h9-11,13,15,17-19,29-30H,5-8,12,14,16,26-28H2,1-4H3,(H,31,33)/b11-9-,21-15+,24-23-. The molecule has 2 unspecified atom stereocenters. The molecule has 1 aliphatic heterocycles. The summed E-state index contributed by atoms with van der Waals surface area (Å²) in [6, 6.07) is 0.298. The molecule has 0 saturated heterocycles. The van der Waals surface area contributed by atoms with E-state index in [1.54, 1.807) is 6.08 Å². The monoisotopic (exact) mass is 457 g/mol. The molecule has 8 heteroatoms. The maximum absolute atomic E-state index is 13.2. The van der Waals surface area contributed by atoms with Crippen LogP contribution in [0.15, 0.2) is 58.9 Å². The van der Waals surface area contributed by atoms with Crippen molar-refractivity contribution in [1.29, 1.82) is 0 Å². The molecule has 33 heavy (non-hydrogen) atoms. The summed E-state index contributed by atoms with van der Waals surface area (Å²) in [5.74, 6) is 0.115. The van der Waals surface area contributed by atoms with E-state index in [9.17, 15) is 4.79 Å². The summed E-state index contributed by atoms with van der Waals surface area (Å²) in [5.41, 5.74) is 22.2. The zero-order chi connectivity index (χ0) is 24.4. The number of carbonyl (C=O) groups excluding carboxylic acids is 1. The van der Waals surface area contributed by atoms with Crippen LogP contribution in [0.4, 0.5) is 0 Å². The van der Waals surface area contributed by atoms with Gasteiger partial charge in [0.25, 0.3) is 0 Å². The number of carbonyl (C=O) groups is 1. The van der Waals surface area contributed by atoms with E-state index in [1.165, 1.54) is 31.9 Å². The molecule has 1 amide bonds. The van der Waals surface area contributed by atoms with Crippen LogP contribution in [0.25, 0.3) is 0 Å². The number of nitrogens with zero attached hydrogens (tertiary/aromatic N) is 1. The highest BCUT2D eigenvalue weighted by Gasteiger charge is 2.30. The molecule has 0 aromatic heterocycles. The minimum atomic E-state index is -0.418. The Bertz CT molecular complexity index is 819. The third-order valence-electron chi connectivity index (χ3n) is 6.79. The van der Waals surface area contributed by atoms with E-state index < -0.39 is 5.92 Å². The van der Waals surface area contributed by atoms with Gasteiger partial charge >= 0.3 is 0 Å². The van der Waals surface area contributed by atoms with Gasteiger partial charge in [-0.1, -0.05) is 18.9 Å². The predicted octanol–water partition coefficient (Wildman–Crippen LogP) is 1.37. The molecule has 0 radical (unpaired) electrons. The van der Waals surface area contributed by atoms with E-state index in [0.717, 1.165) is 22.5 Å². The second-order valence-electron chi connectivity index (χ2n) is 8.91. The summed E-state index contributed by atoms with van der Waals surface area (Å²) < 4.78 is 0. The Morgan fingerprint density at radius 3 is 2.64 bits per heavy atom. The summed E-state index contributed by atoms with van der Waals surface area (Å²) in [5, 5.41) is 9.42. The van der Waals surface area contributed by atoms with Crippen molar-refractivity contribution in [2.75, 3.05) is 33.7 Å². The Morgan fingerprint density at radius 2 is 2.03 bits per heavy atom. The largest absolute Gasteiger partial charge is 0.405 e. The fourth-order valence-electron chi connectivity index (χ4n) is 4.74. The van der Waals surface area contributed by atoms with Gasteiger partial charge in [0, 0.05) is 50.8 Å². The van der Waals surface area contributed by atoms with Crippen molar-refractivity contribution in [2.24, 2.45) is 29.0 Å². The van der Waals surface area contributed by atoms with Crippen LogP contribution >= 0.6 is 0 Å². The van der Waals surface area contributed by atoms with Crippen molar-refractivity contribution in [1.82, 2.24) is 20.9 Å². The molecule has 9 N–H and O–H groups in total. The Labute approximate surface area is 199 Å². The van der Waals surface area contributed by atoms with Gasteiger partial charge in [0.05, 0.1) is 18.2 Å². The maximum atomic E-state index is 13.2. The van der Waals surface area contributed by atoms with Crippen LogP contribution in [0.2, 0.25) is 0 Å². The number of dihydropyridines is 1. The lowest BCUT2D eigenvalue weighted by atomic mass is 9.95. The van der Waals surface area contributed by atoms with Crippen LogP contribution < -0.4 is 33.2 Å². The third-order valence-corrected chi connectivity index (χ3v) is 6.79. The highest BCUT2D eigenvalue weighted by Crippen LogP contribution is 2.32. The number of rotatable bonds is 11. The molecule has 184 valence electrons. The normalized spacial score (nSPS) is 19.8. The Hall–Kier alpha value is -2.87. The average Bonchev–Trinajstić information content (AvgIpc) is 3.35. The van der Waals surface area contributed by atoms with Crippen LogP contribution in [0, 0.1) is 11.8 Å². The Balaban J connectivity index is 2.12. The van der Waals surface area contributed by atoms with E-state index in [2.05, 4.69) is 33.9 Å². The Morgan fingerprint density at radius 1 is 1.33 bits per heavy atom. The topological polar surface area (TPSA) is 134 Å². The van der Waals surface area contributed by atoms with Gasteiger partial charge in [0.2, 0.25) is 5.91 Å². The van der Waals surface area contributed by atoms with E-state index in [1.807, 2.05) is 33.3 Å². The number of hydrogen-bond donors (Lipinski definition) is 6. The molecule has 2 aliphatic rings. The highest BCUT2D eigenvalue weighted by molar-refractivity contribution is 5.81. The maximum Gasteiger partial charge on any atom is 0.229 e. The Kier molecular flexibility index (Phi) is 10.4. The van der Waals surface area contributed by atoms with E-state index in [0.29, 0.717) is 37.3 Å². The summed E-state index contributed by atoms with van der Waals surface area (Å²) >= 11 is 0. The zero-order valence-electron chi connectivity index (χ0n) is 20.7. The fraction of sp³-hybridized carbons (Fsp3) is 0.560. The second kappa shape index (κ2) is 13.0. The van der Waals surface area contributed by atoms with Crippen LogP contribution in [0.1, 0.15) is 39.5 Å². The van der Waals surface area contributed by atoms with Crippen LogP contribution in [0.3, 0.4) is 0 Å². The molecular formula is C25H43N7O. The fourth-order valence-corrected chi connectivity index (χ4v) is 4.74. The van der Waals surface area contributed by atoms with E-state index in [4.69, 9.17) is 17.2 Å². The van der Waals surface area contributed by atoms with Gasteiger partial charge in [-0.3, -0.25) is 4.79 Å². The lowest BCUT2D eigenvalue weighted by Gasteiger charge is -2.36. The van der Waals surface area contributed by atoms with E-state index >= 15 is 0 Å². The van der Waals surface area contributed by atoms with Gasteiger partial charge in [0.1, 0.15) is 0 Å². The minimum absolute atomic E-state index is 0.0764. The van der Waals surface area contributed by atoms with E-state index in [-0.39, 0.29) is 5.91 Å². The first-order chi connectivity index (χ1) is 15.8. The number of nitrogens with two attached hydrogens (primary N) is 3. The van der Waals surface area contributed by atoms with Crippen molar-refractivity contribution in [2.45, 2.75) is 45.6 Å². The zero-order valence-corrected chi connectivity index (χ0v) is 20.7. The lowest BCUT2D eigenvalue weighted by Crippen LogP contribution is -2.42. The van der Waals surface area contributed by atoms with Crippen molar-refractivity contribution in [3.8, 4) is 0 Å². The summed E-state index contributed by atoms with van der Waals surface area (Å²) in [7, 11) is 3.88. The predicted molar refractivity (Wildman–Crippen MR) is 136 cm³/mol. The quantitative estimate of drug-likeness (QED) is 0.258. The molecule has 1 aliphatic carbocycles. The molecule has 1 saturated carbocycles. The SMILES string of the molecule is CN/C=C(\CN)C1=CCNC(CNC(=O)C(C)/C(=C(N)\C=C/N)N(C)C(C)C2CCCC2)=C1. The van der Waals surface area contributed by atoms with Gasteiger partial charge in [-0.15, -0.1) is 0 Å².